The molecule has 0 spiro atoms. The summed E-state index contributed by atoms with van der Waals surface area (Å²) in [6.45, 7) is 6.54. The molecule has 1 aliphatic carbocycles. The largest absolute Gasteiger partial charge is 0.492 e. The lowest BCUT2D eigenvalue weighted by Crippen LogP contribution is -2.36. The first-order chi connectivity index (χ1) is 16.8. The summed E-state index contributed by atoms with van der Waals surface area (Å²) in [6, 6.07) is 1.94. The van der Waals surface area contributed by atoms with E-state index in [1.165, 1.54) is 15.2 Å². The molecule has 0 bridgehead atoms. The molecule has 2 aliphatic rings. The fourth-order valence-electron chi connectivity index (χ4n) is 4.48. The Morgan fingerprint density at radius 1 is 1.31 bits per heavy atom. The van der Waals surface area contributed by atoms with Crippen molar-refractivity contribution in [2.45, 2.75) is 52.6 Å². The maximum atomic E-state index is 13.4. The van der Waals surface area contributed by atoms with E-state index < -0.39 is 17.3 Å². The van der Waals surface area contributed by atoms with E-state index in [1.54, 1.807) is 30.3 Å². The van der Waals surface area contributed by atoms with Crippen LogP contribution in [0.5, 0.6) is 5.88 Å². The van der Waals surface area contributed by atoms with Crippen LogP contribution in [0, 0.1) is 12.8 Å². The molecule has 2 N–H and O–H groups in total. The number of carbonyl (C=O) groups excluding carboxylic acids is 2. The average molecular weight is 477 g/mol. The molecule has 0 unspecified atom stereocenters. The van der Waals surface area contributed by atoms with Gasteiger partial charge in [0.2, 0.25) is 5.88 Å². The van der Waals surface area contributed by atoms with Gasteiger partial charge in [-0.05, 0) is 49.8 Å². The molecule has 0 saturated heterocycles. The van der Waals surface area contributed by atoms with Crippen LogP contribution >= 0.6 is 0 Å². The fourth-order valence-corrected chi connectivity index (χ4v) is 4.48. The molecule has 10 heteroatoms. The average Bonchev–Trinajstić information content (AvgIpc) is 3.41. The summed E-state index contributed by atoms with van der Waals surface area (Å²) in [6.07, 6.45) is 8.94. The van der Waals surface area contributed by atoms with Crippen molar-refractivity contribution in [2.24, 2.45) is 5.92 Å². The van der Waals surface area contributed by atoms with Crippen LogP contribution in [0.15, 0.2) is 29.3 Å². The summed E-state index contributed by atoms with van der Waals surface area (Å²) in [7, 11) is 0. The monoisotopic (exact) mass is 476 g/mol. The van der Waals surface area contributed by atoms with Gasteiger partial charge in [-0.25, -0.2) is 0 Å². The van der Waals surface area contributed by atoms with Gasteiger partial charge in [0, 0.05) is 37.0 Å². The molecule has 0 atom stereocenters. The van der Waals surface area contributed by atoms with Crippen LogP contribution in [0.2, 0.25) is 0 Å². The summed E-state index contributed by atoms with van der Waals surface area (Å²) in [5, 5.41) is 18.1. The summed E-state index contributed by atoms with van der Waals surface area (Å²) >= 11 is 0. The molecule has 0 aromatic carbocycles. The Bertz CT molecular complexity index is 1430. The van der Waals surface area contributed by atoms with E-state index in [0.717, 1.165) is 30.5 Å². The standard InChI is InChI=1S/C25H28N6O4/c1-14(2)13-30-23-18(6-7-20(32)29-11-9-16-8-10-26-12-19(16)29)15(3)28-31(23)25(35)21(24(30)34)22(33)27-17-4-5-17/h6-8,10,12,14,17,35H,4-5,9,11,13H2,1-3H3,(H,27,33)/b7-6+. The number of aromatic nitrogens is 4. The second kappa shape index (κ2) is 8.68. The normalized spacial score (nSPS) is 15.4. The molecule has 182 valence electrons. The zero-order chi connectivity index (χ0) is 24.9. The summed E-state index contributed by atoms with van der Waals surface area (Å²) in [4.78, 5) is 45.0. The lowest BCUT2D eigenvalue weighted by molar-refractivity contribution is -0.114. The highest BCUT2D eigenvalue weighted by molar-refractivity contribution is 6.05. The highest BCUT2D eigenvalue weighted by Crippen LogP contribution is 2.28. The van der Waals surface area contributed by atoms with Crippen molar-refractivity contribution < 1.29 is 14.7 Å². The molecule has 5 rings (SSSR count). The predicted octanol–water partition coefficient (Wildman–Crippen LogP) is 2.06. The van der Waals surface area contributed by atoms with Crippen LogP contribution in [0.3, 0.4) is 0 Å². The highest BCUT2D eigenvalue weighted by atomic mass is 16.3. The quantitative estimate of drug-likeness (QED) is 0.525. The van der Waals surface area contributed by atoms with Gasteiger partial charge in [0.15, 0.2) is 5.56 Å². The van der Waals surface area contributed by atoms with Gasteiger partial charge in [0.05, 0.1) is 17.6 Å². The topological polar surface area (TPSA) is 122 Å². The fraction of sp³-hybridized carbons (Fsp3) is 0.400. The lowest BCUT2D eigenvalue weighted by Gasteiger charge is -2.16. The van der Waals surface area contributed by atoms with Gasteiger partial charge >= 0.3 is 0 Å². The van der Waals surface area contributed by atoms with Gasteiger partial charge in [-0.1, -0.05) is 13.8 Å². The second-order valence-corrected chi connectivity index (χ2v) is 9.57. The van der Waals surface area contributed by atoms with Crippen molar-refractivity contribution in [2.75, 3.05) is 11.4 Å². The minimum Gasteiger partial charge on any atom is -0.492 e. The maximum Gasteiger partial charge on any atom is 0.270 e. The molecule has 10 nitrogen and oxygen atoms in total. The Kier molecular flexibility index (Phi) is 5.66. The first-order valence-electron chi connectivity index (χ1n) is 11.8. The minimum atomic E-state index is -0.601. The molecule has 4 heterocycles. The second-order valence-electron chi connectivity index (χ2n) is 9.57. The SMILES string of the molecule is Cc1nn2c(O)c(C(=O)NC3CC3)c(=O)n(CC(C)C)c2c1/C=C/C(=O)N1CCc2ccncc21. The van der Waals surface area contributed by atoms with Gasteiger partial charge < -0.3 is 15.3 Å². The van der Waals surface area contributed by atoms with Crippen molar-refractivity contribution in [1.29, 1.82) is 0 Å². The van der Waals surface area contributed by atoms with Crippen LogP contribution < -0.4 is 15.8 Å². The third kappa shape index (κ3) is 4.09. The van der Waals surface area contributed by atoms with E-state index in [0.29, 0.717) is 30.0 Å². The third-order valence-electron chi connectivity index (χ3n) is 6.35. The smallest absolute Gasteiger partial charge is 0.270 e. The number of rotatable bonds is 6. The summed E-state index contributed by atoms with van der Waals surface area (Å²) in [5.74, 6) is -1.23. The van der Waals surface area contributed by atoms with Crippen molar-refractivity contribution in [3.63, 3.8) is 0 Å². The van der Waals surface area contributed by atoms with Gasteiger partial charge in [-0.2, -0.15) is 9.61 Å². The Labute approximate surface area is 201 Å². The van der Waals surface area contributed by atoms with Crippen LogP contribution in [-0.4, -0.2) is 48.7 Å². The van der Waals surface area contributed by atoms with Gasteiger partial charge in [0.25, 0.3) is 17.4 Å². The van der Waals surface area contributed by atoms with E-state index in [4.69, 9.17) is 0 Å². The Morgan fingerprint density at radius 3 is 2.80 bits per heavy atom. The van der Waals surface area contributed by atoms with E-state index >= 15 is 0 Å². The molecule has 35 heavy (non-hydrogen) atoms. The zero-order valence-corrected chi connectivity index (χ0v) is 20.0. The van der Waals surface area contributed by atoms with Gasteiger partial charge in [0.1, 0.15) is 5.65 Å². The molecule has 1 saturated carbocycles. The molecular formula is C25H28N6O4. The van der Waals surface area contributed by atoms with Gasteiger partial charge in [-0.3, -0.25) is 23.9 Å². The number of nitrogens with one attached hydrogen (secondary N) is 1. The number of anilines is 1. The lowest BCUT2D eigenvalue weighted by atomic mass is 10.1. The molecule has 3 aromatic rings. The number of amides is 2. The molecule has 3 aromatic heterocycles. The van der Waals surface area contributed by atoms with Crippen LogP contribution in [0.1, 0.15) is 53.9 Å². The van der Waals surface area contributed by atoms with Crippen molar-refractivity contribution in [3.8, 4) is 5.88 Å². The van der Waals surface area contributed by atoms with Crippen LogP contribution in [0.4, 0.5) is 5.69 Å². The summed E-state index contributed by atoms with van der Waals surface area (Å²) < 4.78 is 2.69. The van der Waals surface area contributed by atoms with Crippen molar-refractivity contribution >= 4 is 29.2 Å². The molecule has 1 aliphatic heterocycles. The molecular weight excluding hydrogens is 448 g/mol. The number of nitrogens with zero attached hydrogens (tertiary/aromatic N) is 5. The Hall–Kier alpha value is -3.95. The number of aromatic hydroxyl groups is 1. The number of fused-ring (bicyclic) bond motifs is 2. The van der Waals surface area contributed by atoms with E-state index in [1.807, 2.05) is 19.9 Å². The number of aryl methyl sites for hydroxylation is 1. The van der Waals surface area contributed by atoms with Crippen molar-refractivity contribution in [3.05, 3.63) is 57.3 Å². The Balaban J connectivity index is 1.58. The number of hydrogen-bond acceptors (Lipinski definition) is 6. The molecule has 2 amide bonds. The predicted molar refractivity (Wildman–Crippen MR) is 131 cm³/mol. The third-order valence-corrected chi connectivity index (χ3v) is 6.35. The minimum absolute atomic E-state index is 0.0327. The van der Waals surface area contributed by atoms with Crippen LogP contribution in [-0.2, 0) is 17.8 Å². The van der Waals surface area contributed by atoms with E-state index in [-0.39, 0.29) is 23.4 Å². The van der Waals surface area contributed by atoms with Crippen LogP contribution in [0.25, 0.3) is 11.7 Å². The maximum absolute atomic E-state index is 13.4. The molecule has 1 fully saturated rings. The first-order valence-corrected chi connectivity index (χ1v) is 11.8. The first kappa shape index (κ1) is 22.8. The number of pyridine rings is 1. The number of hydrogen-bond donors (Lipinski definition) is 2. The zero-order valence-electron chi connectivity index (χ0n) is 20.0. The van der Waals surface area contributed by atoms with E-state index in [2.05, 4.69) is 15.4 Å². The Morgan fingerprint density at radius 2 is 2.09 bits per heavy atom. The molecule has 0 radical (unpaired) electrons. The van der Waals surface area contributed by atoms with E-state index in [9.17, 15) is 19.5 Å². The van der Waals surface area contributed by atoms with Crippen molar-refractivity contribution in [1.82, 2.24) is 24.5 Å². The number of carbonyl (C=O) groups is 2. The highest BCUT2D eigenvalue weighted by Gasteiger charge is 2.30. The van der Waals surface area contributed by atoms with Gasteiger partial charge in [-0.15, -0.1) is 0 Å². The summed E-state index contributed by atoms with van der Waals surface area (Å²) in [5.41, 5.74) is 2.36.